The molecule has 9 heteroatoms. The van der Waals surface area contributed by atoms with Gasteiger partial charge in [0.05, 0.1) is 30.6 Å². The summed E-state index contributed by atoms with van der Waals surface area (Å²) in [7, 11) is 0. The van der Waals surface area contributed by atoms with Crippen LogP contribution in [0, 0.1) is 13.8 Å². The quantitative estimate of drug-likeness (QED) is 0.707. The second kappa shape index (κ2) is 9.01. The Bertz CT molecular complexity index is 828. The maximum Gasteiger partial charge on any atom is 0.257 e. The van der Waals surface area contributed by atoms with Gasteiger partial charge in [0, 0.05) is 38.1 Å². The van der Waals surface area contributed by atoms with Crippen molar-refractivity contribution >= 4 is 11.8 Å². The Labute approximate surface area is 164 Å². The van der Waals surface area contributed by atoms with E-state index < -0.39 is 6.10 Å². The fraction of sp³-hybridized carbons (Fsp3) is 0.579. The van der Waals surface area contributed by atoms with Crippen LogP contribution >= 0.6 is 0 Å². The Morgan fingerprint density at radius 1 is 1.36 bits per heavy atom. The maximum atomic E-state index is 12.6. The number of nitrogens with zero attached hydrogens (tertiary/aromatic N) is 5. The lowest BCUT2D eigenvalue weighted by molar-refractivity contribution is -0.137. The van der Waals surface area contributed by atoms with Gasteiger partial charge in [0.1, 0.15) is 0 Å². The molecule has 9 nitrogen and oxygen atoms in total. The molecule has 1 atom stereocenters. The van der Waals surface area contributed by atoms with Gasteiger partial charge in [-0.25, -0.2) is 0 Å². The first kappa shape index (κ1) is 20.1. The number of ether oxygens (including phenoxy) is 1. The fourth-order valence-electron chi connectivity index (χ4n) is 3.28. The van der Waals surface area contributed by atoms with E-state index in [0.29, 0.717) is 31.8 Å². The van der Waals surface area contributed by atoms with Gasteiger partial charge < -0.3 is 15.0 Å². The van der Waals surface area contributed by atoms with Crippen molar-refractivity contribution in [1.29, 1.82) is 0 Å². The summed E-state index contributed by atoms with van der Waals surface area (Å²) >= 11 is 0. The number of hydrogen-bond donors (Lipinski definition) is 1. The van der Waals surface area contributed by atoms with Crippen LogP contribution in [0.15, 0.2) is 18.5 Å². The van der Waals surface area contributed by atoms with Crippen LogP contribution in [0.3, 0.4) is 0 Å². The second-order valence-corrected chi connectivity index (χ2v) is 6.99. The van der Waals surface area contributed by atoms with E-state index in [1.165, 1.54) is 0 Å². The molecule has 1 N–H and O–H groups in total. The highest BCUT2D eigenvalue weighted by atomic mass is 16.5. The number of nitrogens with one attached hydrogen (secondary N) is 1. The molecular formula is C19H28N6O3. The number of morpholine rings is 1. The second-order valence-electron chi connectivity index (χ2n) is 6.99. The summed E-state index contributed by atoms with van der Waals surface area (Å²) < 4.78 is 9.22. The number of carbonyl (C=O) groups is 2. The van der Waals surface area contributed by atoms with E-state index in [1.54, 1.807) is 22.0 Å². The minimum Gasteiger partial charge on any atom is -0.365 e. The van der Waals surface area contributed by atoms with Crippen LogP contribution in [-0.4, -0.2) is 68.6 Å². The molecule has 1 aliphatic rings. The maximum absolute atomic E-state index is 12.6. The van der Waals surface area contributed by atoms with Gasteiger partial charge >= 0.3 is 0 Å². The molecule has 152 valence electrons. The SMILES string of the molecule is CCn1cc(C(=O)N2CCOC(C(=O)NCCCn3nc(C)cc3C)C2)cn1. The largest absolute Gasteiger partial charge is 0.365 e. The van der Waals surface area contributed by atoms with Gasteiger partial charge in [0.15, 0.2) is 6.10 Å². The van der Waals surface area contributed by atoms with E-state index in [0.717, 1.165) is 24.4 Å². The summed E-state index contributed by atoms with van der Waals surface area (Å²) in [6, 6.07) is 2.03. The van der Waals surface area contributed by atoms with Crippen molar-refractivity contribution in [3.63, 3.8) is 0 Å². The van der Waals surface area contributed by atoms with Gasteiger partial charge in [-0.3, -0.25) is 19.0 Å². The highest BCUT2D eigenvalue weighted by molar-refractivity contribution is 5.94. The number of hydrogen-bond acceptors (Lipinski definition) is 5. The van der Waals surface area contributed by atoms with Gasteiger partial charge in [-0.15, -0.1) is 0 Å². The van der Waals surface area contributed by atoms with Crippen molar-refractivity contribution < 1.29 is 14.3 Å². The Morgan fingerprint density at radius 2 is 2.18 bits per heavy atom. The van der Waals surface area contributed by atoms with E-state index in [9.17, 15) is 9.59 Å². The Hall–Kier alpha value is -2.68. The van der Waals surface area contributed by atoms with Crippen molar-refractivity contribution in [2.75, 3.05) is 26.2 Å². The van der Waals surface area contributed by atoms with Crippen LogP contribution in [0.5, 0.6) is 0 Å². The monoisotopic (exact) mass is 388 g/mol. The molecule has 2 aromatic rings. The fourth-order valence-corrected chi connectivity index (χ4v) is 3.28. The Kier molecular flexibility index (Phi) is 6.45. The molecule has 0 saturated carbocycles. The molecular weight excluding hydrogens is 360 g/mol. The Balaban J connectivity index is 1.46. The minimum absolute atomic E-state index is 0.120. The van der Waals surface area contributed by atoms with Crippen LogP contribution in [0.4, 0.5) is 0 Å². The lowest BCUT2D eigenvalue weighted by atomic mass is 10.2. The van der Waals surface area contributed by atoms with Crippen molar-refractivity contribution in [3.8, 4) is 0 Å². The van der Waals surface area contributed by atoms with E-state index in [-0.39, 0.29) is 18.4 Å². The number of rotatable bonds is 7. The third-order valence-corrected chi connectivity index (χ3v) is 4.80. The highest BCUT2D eigenvalue weighted by Crippen LogP contribution is 2.11. The average Bonchev–Trinajstić information content (AvgIpc) is 3.30. The molecule has 0 radical (unpaired) electrons. The zero-order valence-corrected chi connectivity index (χ0v) is 16.7. The lowest BCUT2D eigenvalue weighted by Gasteiger charge is -2.32. The third-order valence-electron chi connectivity index (χ3n) is 4.80. The van der Waals surface area contributed by atoms with Crippen LogP contribution < -0.4 is 5.32 Å². The van der Waals surface area contributed by atoms with Gasteiger partial charge in [0.2, 0.25) is 0 Å². The molecule has 2 aromatic heterocycles. The molecule has 0 aliphatic carbocycles. The van der Waals surface area contributed by atoms with Gasteiger partial charge in [0.25, 0.3) is 11.8 Å². The third kappa shape index (κ3) is 4.78. The highest BCUT2D eigenvalue weighted by Gasteiger charge is 2.30. The summed E-state index contributed by atoms with van der Waals surface area (Å²) in [5.74, 6) is -0.305. The number of amides is 2. The summed E-state index contributed by atoms with van der Waals surface area (Å²) in [5, 5.41) is 11.5. The molecule has 28 heavy (non-hydrogen) atoms. The van der Waals surface area contributed by atoms with Crippen molar-refractivity contribution in [1.82, 2.24) is 29.8 Å². The number of aromatic nitrogens is 4. The van der Waals surface area contributed by atoms with Crippen LogP contribution in [-0.2, 0) is 22.6 Å². The molecule has 0 bridgehead atoms. The van der Waals surface area contributed by atoms with Gasteiger partial charge in [-0.05, 0) is 33.3 Å². The zero-order valence-electron chi connectivity index (χ0n) is 16.7. The predicted molar refractivity (Wildman–Crippen MR) is 103 cm³/mol. The first-order valence-corrected chi connectivity index (χ1v) is 9.70. The summed E-state index contributed by atoms with van der Waals surface area (Å²) in [6.07, 6.45) is 3.42. The summed E-state index contributed by atoms with van der Waals surface area (Å²) in [5.41, 5.74) is 2.64. The summed E-state index contributed by atoms with van der Waals surface area (Å²) in [4.78, 5) is 26.7. The van der Waals surface area contributed by atoms with E-state index >= 15 is 0 Å². The van der Waals surface area contributed by atoms with E-state index in [1.807, 2.05) is 31.5 Å². The predicted octanol–water partition coefficient (Wildman–Crippen LogP) is 0.764. The van der Waals surface area contributed by atoms with Gasteiger partial charge in [-0.2, -0.15) is 10.2 Å². The zero-order chi connectivity index (χ0) is 20.1. The van der Waals surface area contributed by atoms with Crippen molar-refractivity contribution in [2.24, 2.45) is 0 Å². The molecule has 3 rings (SSSR count). The van der Waals surface area contributed by atoms with Crippen LogP contribution in [0.1, 0.15) is 35.1 Å². The lowest BCUT2D eigenvalue weighted by Crippen LogP contribution is -2.51. The normalized spacial score (nSPS) is 17.0. The standard InChI is InChI=1S/C19H28N6O3/c1-4-24-12-16(11-21-24)19(27)23-8-9-28-17(13-23)18(26)20-6-5-7-25-15(3)10-14(2)22-25/h10-12,17H,4-9,13H2,1-3H3,(H,20,26). The molecule has 0 aromatic carbocycles. The molecule has 1 fully saturated rings. The van der Waals surface area contributed by atoms with Crippen molar-refractivity contribution in [2.45, 2.75) is 46.4 Å². The van der Waals surface area contributed by atoms with Gasteiger partial charge in [-0.1, -0.05) is 0 Å². The first-order chi connectivity index (χ1) is 13.5. The first-order valence-electron chi connectivity index (χ1n) is 9.70. The molecule has 1 unspecified atom stereocenters. The van der Waals surface area contributed by atoms with Crippen LogP contribution in [0.25, 0.3) is 0 Å². The number of carbonyl (C=O) groups excluding carboxylic acids is 2. The minimum atomic E-state index is -0.646. The smallest absolute Gasteiger partial charge is 0.257 e. The van der Waals surface area contributed by atoms with Crippen LogP contribution in [0.2, 0.25) is 0 Å². The van der Waals surface area contributed by atoms with E-state index in [2.05, 4.69) is 15.5 Å². The topological polar surface area (TPSA) is 94.3 Å². The molecule has 3 heterocycles. The molecule has 1 aliphatic heterocycles. The molecule has 2 amide bonds. The number of aryl methyl sites for hydroxylation is 4. The average molecular weight is 388 g/mol. The Morgan fingerprint density at radius 3 is 2.86 bits per heavy atom. The van der Waals surface area contributed by atoms with Crippen molar-refractivity contribution in [3.05, 3.63) is 35.4 Å². The van der Waals surface area contributed by atoms with E-state index in [4.69, 9.17) is 4.74 Å². The molecule has 0 spiro atoms. The molecule has 1 saturated heterocycles. The summed E-state index contributed by atoms with van der Waals surface area (Å²) in [6.45, 7) is 9.00.